The lowest BCUT2D eigenvalue weighted by Crippen LogP contribution is -2.36. The molecule has 2 heterocycles. The minimum atomic E-state index is -3.84. The Morgan fingerprint density at radius 1 is 1.30 bits per heavy atom. The van der Waals surface area contributed by atoms with E-state index in [0.29, 0.717) is 16.9 Å². The summed E-state index contributed by atoms with van der Waals surface area (Å²) in [7, 11) is -0.921. The van der Waals surface area contributed by atoms with Gasteiger partial charge in [0.1, 0.15) is 16.4 Å². The number of ether oxygens (including phenoxy) is 2. The molecule has 0 radical (unpaired) electrons. The normalized spacial score (nSPS) is 18.3. The number of hydrogen-bond acceptors (Lipinski definition) is 7. The van der Waals surface area contributed by atoms with Crippen molar-refractivity contribution < 1.29 is 17.9 Å². The molecule has 1 unspecified atom stereocenters. The molecule has 0 spiro atoms. The van der Waals surface area contributed by atoms with Gasteiger partial charge >= 0.3 is 0 Å². The van der Waals surface area contributed by atoms with E-state index in [1.165, 1.54) is 50.9 Å². The predicted octanol–water partition coefficient (Wildman–Crippen LogP) is 3.34. The summed E-state index contributed by atoms with van der Waals surface area (Å²) >= 11 is 1.36. The molecule has 0 bridgehead atoms. The Balaban J connectivity index is 1.76. The minimum Gasteiger partial charge on any atom is -0.497 e. The smallest absolute Gasteiger partial charge is 0.267 e. The van der Waals surface area contributed by atoms with Crippen molar-refractivity contribution in [2.24, 2.45) is 0 Å². The monoisotopic (exact) mass is 411 g/mol. The van der Waals surface area contributed by atoms with Crippen LogP contribution in [0.2, 0.25) is 0 Å². The van der Waals surface area contributed by atoms with Crippen LogP contribution in [0.15, 0.2) is 29.3 Å². The van der Waals surface area contributed by atoms with Gasteiger partial charge in [0.25, 0.3) is 10.0 Å². The van der Waals surface area contributed by atoms with Gasteiger partial charge in [-0.2, -0.15) is 0 Å². The van der Waals surface area contributed by atoms with Gasteiger partial charge in [-0.1, -0.05) is 17.8 Å². The Hall–Kier alpha value is -1.84. The Labute approximate surface area is 164 Å². The van der Waals surface area contributed by atoms with Crippen molar-refractivity contribution in [1.29, 1.82) is 0 Å². The van der Waals surface area contributed by atoms with Crippen LogP contribution in [-0.4, -0.2) is 45.1 Å². The van der Waals surface area contributed by atoms with Gasteiger partial charge in [-0.25, -0.2) is 13.4 Å². The van der Waals surface area contributed by atoms with E-state index in [4.69, 9.17) is 9.47 Å². The molecule has 1 atom stereocenters. The molecule has 148 valence electrons. The Morgan fingerprint density at radius 3 is 2.81 bits per heavy atom. The number of nitrogens with one attached hydrogen (secondary N) is 1. The van der Waals surface area contributed by atoms with Crippen molar-refractivity contribution in [2.75, 3.05) is 25.5 Å². The third-order valence-corrected chi connectivity index (χ3v) is 7.12. The van der Waals surface area contributed by atoms with Crippen molar-refractivity contribution in [3.05, 3.63) is 29.3 Å². The number of nitrogens with zero attached hydrogens (tertiary/aromatic N) is 2. The standard InChI is InChI=1S/C18H25N3O4S2/c1-13-6-4-5-9-21(13)12-15-11-19-18(26-15)20-27(22,23)17-10-14(24-2)7-8-16(17)25-3/h7-8,10-11,13H,4-6,9,12H2,1-3H3,(H,19,20). The molecule has 27 heavy (non-hydrogen) atoms. The summed E-state index contributed by atoms with van der Waals surface area (Å²) in [6.45, 7) is 4.10. The highest BCUT2D eigenvalue weighted by molar-refractivity contribution is 7.93. The van der Waals surface area contributed by atoms with Crippen LogP contribution in [0.1, 0.15) is 31.1 Å². The molecule has 1 aliphatic heterocycles. The number of piperidine rings is 1. The lowest BCUT2D eigenvalue weighted by molar-refractivity contribution is 0.154. The lowest BCUT2D eigenvalue weighted by atomic mass is 10.0. The number of sulfonamides is 1. The van der Waals surface area contributed by atoms with E-state index < -0.39 is 10.0 Å². The van der Waals surface area contributed by atoms with Crippen LogP contribution >= 0.6 is 11.3 Å². The number of thiazole rings is 1. The van der Waals surface area contributed by atoms with Crippen molar-refractivity contribution >= 4 is 26.5 Å². The zero-order chi connectivity index (χ0) is 19.4. The second-order valence-corrected chi connectivity index (χ2v) is 9.34. The fraction of sp³-hybridized carbons (Fsp3) is 0.500. The average molecular weight is 412 g/mol. The summed E-state index contributed by atoms with van der Waals surface area (Å²) in [5.41, 5.74) is 0. The molecule has 1 aliphatic rings. The molecule has 3 rings (SSSR count). The van der Waals surface area contributed by atoms with Gasteiger partial charge < -0.3 is 9.47 Å². The summed E-state index contributed by atoms with van der Waals surface area (Å²) in [6.07, 6.45) is 5.42. The molecule has 1 N–H and O–H groups in total. The quantitative estimate of drug-likeness (QED) is 0.753. The van der Waals surface area contributed by atoms with Gasteiger partial charge in [0.05, 0.1) is 14.2 Å². The van der Waals surface area contributed by atoms with Crippen LogP contribution in [0.4, 0.5) is 5.13 Å². The molecule has 1 saturated heterocycles. The maximum atomic E-state index is 12.8. The molecular weight excluding hydrogens is 386 g/mol. The number of aromatic nitrogens is 1. The number of hydrogen-bond donors (Lipinski definition) is 1. The Bertz CT molecular complexity index is 882. The van der Waals surface area contributed by atoms with Gasteiger partial charge in [-0.3, -0.25) is 9.62 Å². The van der Waals surface area contributed by atoms with Crippen molar-refractivity contribution in [3.63, 3.8) is 0 Å². The fourth-order valence-corrected chi connectivity index (χ4v) is 5.45. The molecular formula is C18H25N3O4S2. The highest BCUT2D eigenvalue weighted by Crippen LogP contribution is 2.31. The van der Waals surface area contributed by atoms with E-state index in [2.05, 4.69) is 21.5 Å². The van der Waals surface area contributed by atoms with Gasteiger partial charge in [0.2, 0.25) is 0 Å². The van der Waals surface area contributed by atoms with E-state index in [9.17, 15) is 8.42 Å². The van der Waals surface area contributed by atoms with Crippen LogP contribution in [0, 0.1) is 0 Å². The zero-order valence-electron chi connectivity index (χ0n) is 15.8. The van der Waals surface area contributed by atoms with E-state index in [-0.39, 0.29) is 10.6 Å². The third-order valence-electron chi connectivity index (χ3n) is 4.74. The van der Waals surface area contributed by atoms with Crippen molar-refractivity contribution in [1.82, 2.24) is 9.88 Å². The SMILES string of the molecule is COc1ccc(OC)c(S(=O)(=O)Nc2ncc(CN3CCCCC3C)s2)c1. The predicted molar refractivity (Wildman–Crippen MR) is 106 cm³/mol. The summed E-state index contributed by atoms with van der Waals surface area (Å²) < 4.78 is 38.5. The van der Waals surface area contributed by atoms with E-state index in [1.807, 2.05) is 0 Å². The third kappa shape index (κ3) is 4.72. The van der Waals surface area contributed by atoms with Crippen molar-refractivity contribution in [2.45, 2.75) is 43.7 Å². The van der Waals surface area contributed by atoms with Gasteiger partial charge in [-0.05, 0) is 38.4 Å². The Morgan fingerprint density at radius 2 is 2.11 bits per heavy atom. The molecule has 1 fully saturated rings. The van der Waals surface area contributed by atoms with Crippen LogP contribution in [0.25, 0.3) is 0 Å². The van der Waals surface area contributed by atoms with E-state index in [0.717, 1.165) is 18.0 Å². The maximum absolute atomic E-state index is 12.8. The van der Waals surface area contributed by atoms with Gasteiger partial charge in [0.15, 0.2) is 5.13 Å². The first kappa shape index (κ1) is 19.9. The molecule has 1 aromatic heterocycles. The summed E-state index contributed by atoms with van der Waals surface area (Å²) in [4.78, 5) is 7.72. The first-order chi connectivity index (χ1) is 12.9. The molecule has 2 aromatic rings. The number of anilines is 1. The van der Waals surface area contributed by atoms with Crippen molar-refractivity contribution in [3.8, 4) is 11.5 Å². The largest absolute Gasteiger partial charge is 0.497 e. The highest BCUT2D eigenvalue weighted by Gasteiger charge is 2.23. The first-order valence-electron chi connectivity index (χ1n) is 8.86. The molecule has 1 aromatic carbocycles. The molecule has 0 amide bonds. The summed E-state index contributed by atoms with van der Waals surface area (Å²) in [5, 5.41) is 0.347. The number of rotatable bonds is 7. The molecule has 9 heteroatoms. The number of benzene rings is 1. The van der Waals surface area contributed by atoms with Crippen LogP contribution < -0.4 is 14.2 Å². The molecule has 0 saturated carbocycles. The zero-order valence-corrected chi connectivity index (χ0v) is 17.4. The minimum absolute atomic E-state index is 0.0192. The van der Waals surface area contributed by atoms with Crippen LogP contribution in [0.3, 0.4) is 0 Å². The fourth-order valence-electron chi connectivity index (χ4n) is 3.18. The number of likely N-dealkylation sites (tertiary alicyclic amines) is 1. The summed E-state index contributed by atoms with van der Waals surface area (Å²) in [6, 6.07) is 5.20. The molecule has 7 nitrogen and oxygen atoms in total. The van der Waals surface area contributed by atoms with Crippen LogP contribution in [-0.2, 0) is 16.6 Å². The highest BCUT2D eigenvalue weighted by atomic mass is 32.2. The Kier molecular flexibility index (Phi) is 6.23. The van der Waals surface area contributed by atoms with Crippen LogP contribution in [0.5, 0.6) is 11.5 Å². The first-order valence-corrected chi connectivity index (χ1v) is 11.2. The topological polar surface area (TPSA) is 80.8 Å². The molecule has 0 aliphatic carbocycles. The van der Waals surface area contributed by atoms with E-state index >= 15 is 0 Å². The second kappa shape index (κ2) is 8.45. The van der Waals surface area contributed by atoms with E-state index in [1.54, 1.807) is 18.3 Å². The average Bonchev–Trinajstić information content (AvgIpc) is 3.09. The van der Waals surface area contributed by atoms with Gasteiger partial charge in [-0.15, -0.1) is 0 Å². The van der Waals surface area contributed by atoms with Gasteiger partial charge in [0, 0.05) is 29.7 Å². The lowest BCUT2D eigenvalue weighted by Gasteiger charge is -2.32. The maximum Gasteiger partial charge on any atom is 0.267 e. The second-order valence-electron chi connectivity index (χ2n) is 6.57. The number of methoxy groups -OCH3 is 2. The summed E-state index contributed by atoms with van der Waals surface area (Å²) in [5.74, 6) is 0.692.